The molecule has 0 aliphatic heterocycles. The third kappa shape index (κ3) is 10.7. The van der Waals surface area contributed by atoms with Crippen LogP contribution in [0.2, 0.25) is 0 Å². The molecular weight excluding hydrogens is 481 g/mol. The van der Waals surface area contributed by atoms with Crippen molar-refractivity contribution in [2.24, 2.45) is 11.8 Å². The number of carboxylic acid groups (broad SMARTS) is 2. The van der Waals surface area contributed by atoms with Crippen molar-refractivity contribution < 1.29 is 48.1 Å². The zero-order chi connectivity index (χ0) is 27.7. The van der Waals surface area contributed by atoms with Crippen LogP contribution in [0.1, 0.15) is 83.5 Å². The molecule has 3 rings (SSSR count). The van der Waals surface area contributed by atoms with E-state index in [0.29, 0.717) is 11.8 Å². The van der Waals surface area contributed by atoms with Crippen LogP contribution >= 0.6 is 0 Å². The maximum atomic E-state index is 10.6. The van der Waals surface area contributed by atoms with Crippen LogP contribution in [0.4, 0.5) is 13.2 Å². The lowest BCUT2D eigenvalue weighted by Crippen LogP contribution is -3.05. The van der Waals surface area contributed by atoms with Gasteiger partial charge in [-0.25, -0.2) is 4.79 Å². The van der Waals surface area contributed by atoms with Gasteiger partial charge in [0, 0.05) is 18.8 Å². The van der Waals surface area contributed by atoms with Crippen molar-refractivity contribution in [3.63, 3.8) is 0 Å². The number of alkyl halides is 3. The summed E-state index contributed by atoms with van der Waals surface area (Å²) in [6.45, 7) is 6.97. The molecule has 1 aromatic rings. The van der Waals surface area contributed by atoms with E-state index in [1.54, 1.807) is 5.57 Å². The molecule has 0 spiro atoms. The van der Waals surface area contributed by atoms with Crippen LogP contribution in [0.3, 0.4) is 0 Å². The molecule has 12 heteroatoms. The van der Waals surface area contributed by atoms with Gasteiger partial charge in [0.15, 0.2) is 11.9 Å². The molecule has 206 valence electrons. The molecule has 36 heavy (non-hydrogen) atoms. The van der Waals surface area contributed by atoms with Crippen LogP contribution in [-0.4, -0.2) is 59.1 Å². The minimum atomic E-state index is -5.08. The molecule has 0 aromatic carbocycles. The first-order chi connectivity index (χ1) is 16.6. The lowest BCUT2D eigenvalue weighted by atomic mass is 9.60. The Morgan fingerprint density at radius 3 is 2.36 bits per heavy atom. The van der Waals surface area contributed by atoms with Crippen molar-refractivity contribution in [1.29, 1.82) is 0 Å². The predicted octanol–water partition coefficient (Wildman–Crippen LogP) is 2.42. The number of carboxylic acids is 2. The average molecular weight is 523 g/mol. The van der Waals surface area contributed by atoms with E-state index in [1.807, 2.05) is 0 Å². The van der Waals surface area contributed by atoms with Gasteiger partial charge in [0.25, 0.3) is 11.9 Å². The quantitative estimate of drug-likeness (QED) is 0.318. The van der Waals surface area contributed by atoms with E-state index in [9.17, 15) is 13.2 Å². The van der Waals surface area contributed by atoms with Crippen LogP contribution in [0, 0.1) is 11.8 Å². The molecule has 1 heterocycles. The smallest absolute Gasteiger partial charge is 0.481 e. The summed E-state index contributed by atoms with van der Waals surface area (Å²) < 4.78 is 37.4. The van der Waals surface area contributed by atoms with Crippen molar-refractivity contribution in [2.45, 2.75) is 83.4 Å². The third-order valence-electron chi connectivity index (χ3n) is 6.14. The predicted molar refractivity (Wildman–Crippen MR) is 125 cm³/mol. The number of halogens is 3. The number of aromatic nitrogens is 2. The molecule has 1 saturated carbocycles. The van der Waals surface area contributed by atoms with Crippen LogP contribution in [0.15, 0.2) is 16.2 Å². The second kappa shape index (κ2) is 13.7. The SMILES string of the molecule is CC(=O)O.CC1C=C2CC(C)CC(c3noc(C([NH3+])CCCC[NH+](C)C)n3)(C2)C1.O=C(O)C(F)(F)F. The first kappa shape index (κ1) is 31.6. The number of allylic oxidation sites excluding steroid dienone is 2. The lowest BCUT2D eigenvalue weighted by Gasteiger charge is -2.43. The van der Waals surface area contributed by atoms with Gasteiger partial charge < -0.3 is 25.4 Å². The van der Waals surface area contributed by atoms with E-state index >= 15 is 0 Å². The molecule has 6 N–H and O–H groups in total. The van der Waals surface area contributed by atoms with E-state index in [2.05, 4.69) is 44.9 Å². The monoisotopic (exact) mass is 522 g/mol. The molecule has 4 atom stereocenters. The molecule has 4 unspecified atom stereocenters. The largest absolute Gasteiger partial charge is 0.490 e. The van der Waals surface area contributed by atoms with Gasteiger partial charge in [-0.05, 0) is 50.4 Å². The summed E-state index contributed by atoms with van der Waals surface area (Å²) in [6.07, 6.45) is 5.50. The number of hydrogen-bond donors (Lipinski definition) is 4. The minimum Gasteiger partial charge on any atom is -0.481 e. The average Bonchev–Trinajstić information content (AvgIpc) is 3.20. The highest BCUT2D eigenvalue weighted by molar-refractivity contribution is 5.73. The fourth-order valence-corrected chi connectivity index (χ4v) is 5.00. The number of carbonyl (C=O) groups is 2. The fourth-order valence-electron chi connectivity index (χ4n) is 5.00. The van der Waals surface area contributed by atoms with Crippen molar-refractivity contribution >= 4 is 11.9 Å². The van der Waals surface area contributed by atoms with Gasteiger partial charge in [-0.2, -0.15) is 18.2 Å². The second-order valence-electron chi connectivity index (χ2n) is 10.4. The Morgan fingerprint density at radius 2 is 1.83 bits per heavy atom. The maximum Gasteiger partial charge on any atom is 0.490 e. The van der Waals surface area contributed by atoms with Crippen molar-refractivity contribution in [3.05, 3.63) is 23.4 Å². The highest BCUT2D eigenvalue weighted by Crippen LogP contribution is 2.50. The Kier molecular flexibility index (Phi) is 12.0. The highest BCUT2D eigenvalue weighted by atomic mass is 19.4. The molecule has 1 fully saturated rings. The number of aliphatic carboxylic acids is 2. The molecule has 0 radical (unpaired) electrons. The summed E-state index contributed by atoms with van der Waals surface area (Å²) >= 11 is 0. The summed E-state index contributed by atoms with van der Waals surface area (Å²) in [6, 6.07) is 0.117. The van der Waals surface area contributed by atoms with Gasteiger partial charge in [-0.1, -0.05) is 30.7 Å². The lowest BCUT2D eigenvalue weighted by molar-refractivity contribution is -0.858. The van der Waals surface area contributed by atoms with E-state index in [-0.39, 0.29) is 11.5 Å². The van der Waals surface area contributed by atoms with Crippen LogP contribution in [0.25, 0.3) is 0 Å². The van der Waals surface area contributed by atoms with E-state index in [0.717, 1.165) is 37.9 Å². The first-order valence-electron chi connectivity index (χ1n) is 12.2. The Balaban J connectivity index is 0.000000496. The van der Waals surface area contributed by atoms with Crippen LogP contribution in [0.5, 0.6) is 0 Å². The van der Waals surface area contributed by atoms with Gasteiger partial charge in [-0.15, -0.1) is 0 Å². The molecule has 0 saturated heterocycles. The summed E-state index contributed by atoms with van der Waals surface area (Å²) in [7, 11) is 4.40. The van der Waals surface area contributed by atoms with Gasteiger partial charge in [0.05, 0.1) is 20.6 Å². The third-order valence-corrected chi connectivity index (χ3v) is 6.14. The Morgan fingerprint density at radius 1 is 1.25 bits per heavy atom. The maximum absolute atomic E-state index is 10.6. The molecule has 2 aliphatic rings. The zero-order valence-corrected chi connectivity index (χ0v) is 21.8. The number of fused-ring (bicyclic) bond motifs is 2. The topological polar surface area (TPSA) is 146 Å². The van der Waals surface area contributed by atoms with Crippen molar-refractivity contribution in [1.82, 2.24) is 10.1 Å². The number of hydrogen-bond acceptors (Lipinski definition) is 5. The summed E-state index contributed by atoms with van der Waals surface area (Å²) in [4.78, 5) is 24.3. The van der Waals surface area contributed by atoms with Gasteiger partial charge in [-0.3, -0.25) is 4.79 Å². The van der Waals surface area contributed by atoms with Crippen LogP contribution in [-0.2, 0) is 15.0 Å². The van der Waals surface area contributed by atoms with Gasteiger partial charge in [0.1, 0.15) is 0 Å². The van der Waals surface area contributed by atoms with E-state index in [1.165, 1.54) is 37.1 Å². The summed E-state index contributed by atoms with van der Waals surface area (Å²) in [5.41, 5.74) is 5.97. The molecule has 2 bridgehead atoms. The second-order valence-corrected chi connectivity index (χ2v) is 10.4. The van der Waals surface area contributed by atoms with Crippen molar-refractivity contribution in [3.8, 4) is 0 Å². The standard InChI is InChI=1S/C20H34N4O.C2HF3O2.C2H4O2/c1-14-9-16-10-15(2)12-20(11-14,13-16)19-22-18(25-23-19)17(21)7-5-6-8-24(3)4;3-2(4,5)1(6)7;1-2(3)4/h9,14-15,17H,5-8,10-13,21H2,1-4H3;(H,6,7);1H3,(H,3,4)/p+2. The van der Waals surface area contributed by atoms with Gasteiger partial charge >= 0.3 is 12.1 Å². The molecule has 0 amide bonds. The zero-order valence-electron chi connectivity index (χ0n) is 21.8. The number of unbranched alkanes of at least 4 members (excludes halogenated alkanes) is 1. The molecule has 9 nitrogen and oxygen atoms in total. The Bertz CT molecular complexity index is 883. The fraction of sp³-hybridized carbons (Fsp3) is 0.750. The normalized spacial score (nSPS) is 24.0. The van der Waals surface area contributed by atoms with E-state index < -0.39 is 18.1 Å². The number of rotatable bonds is 7. The number of quaternary nitrogens is 2. The number of nitrogens with zero attached hydrogens (tertiary/aromatic N) is 2. The Hall–Kier alpha value is -2.47. The Labute approximate surface area is 209 Å². The molecular formula is C24H41F3N4O5+2. The minimum absolute atomic E-state index is 0.0942. The number of nitrogens with one attached hydrogen (secondary N) is 1. The van der Waals surface area contributed by atoms with Gasteiger partial charge in [0.2, 0.25) is 0 Å². The van der Waals surface area contributed by atoms with Crippen LogP contribution < -0.4 is 10.6 Å². The van der Waals surface area contributed by atoms with Crippen molar-refractivity contribution in [2.75, 3.05) is 20.6 Å². The van der Waals surface area contributed by atoms with E-state index in [4.69, 9.17) is 29.3 Å². The highest BCUT2D eigenvalue weighted by Gasteiger charge is 2.45. The summed E-state index contributed by atoms with van der Waals surface area (Å²) in [5.74, 6) is -0.588. The molecule has 2 aliphatic carbocycles. The molecule has 1 aromatic heterocycles. The summed E-state index contributed by atoms with van der Waals surface area (Å²) in [5, 5.41) is 19.0. The first-order valence-corrected chi connectivity index (χ1v) is 12.2.